The van der Waals surface area contributed by atoms with E-state index in [1.165, 1.54) is 5.69 Å². The van der Waals surface area contributed by atoms with Crippen molar-refractivity contribution in [2.45, 2.75) is 32.7 Å². The Morgan fingerprint density at radius 1 is 1.41 bits per heavy atom. The molecule has 0 bridgehead atoms. The predicted octanol–water partition coefficient (Wildman–Crippen LogP) is 2.68. The van der Waals surface area contributed by atoms with Gasteiger partial charge >= 0.3 is 0 Å². The molecule has 0 aromatic carbocycles. The smallest absolute Gasteiger partial charge is 0.177 e. The van der Waals surface area contributed by atoms with Crippen LogP contribution in [0, 0.1) is 4.77 Å². The molecule has 0 atom stereocenters. The van der Waals surface area contributed by atoms with Gasteiger partial charge in [0.2, 0.25) is 0 Å². The summed E-state index contributed by atoms with van der Waals surface area (Å²) >= 11 is 5.30. The van der Waals surface area contributed by atoms with Crippen LogP contribution >= 0.6 is 12.2 Å². The van der Waals surface area contributed by atoms with Crippen LogP contribution in [0.1, 0.15) is 32.2 Å². The van der Waals surface area contributed by atoms with Gasteiger partial charge in [-0.2, -0.15) is 0 Å². The summed E-state index contributed by atoms with van der Waals surface area (Å²) in [6.45, 7) is 7.18. The van der Waals surface area contributed by atoms with Crippen LogP contribution in [0.2, 0.25) is 0 Å². The first kappa shape index (κ1) is 12.0. The lowest BCUT2D eigenvalue weighted by Crippen LogP contribution is -2.18. The molecular weight excluding hydrogens is 232 g/mol. The minimum atomic E-state index is 0.0561. The van der Waals surface area contributed by atoms with Gasteiger partial charge in [0.15, 0.2) is 4.77 Å². The van der Waals surface area contributed by atoms with E-state index in [4.69, 9.17) is 12.2 Å². The Morgan fingerprint density at radius 2 is 2.18 bits per heavy atom. The Morgan fingerprint density at radius 3 is 2.76 bits per heavy atom. The molecule has 90 valence electrons. The summed E-state index contributed by atoms with van der Waals surface area (Å²) in [5.74, 6) is 0. The number of nitrogens with zero attached hydrogens (tertiary/aromatic N) is 3. The van der Waals surface area contributed by atoms with E-state index in [0.717, 1.165) is 10.5 Å². The third kappa shape index (κ3) is 2.61. The molecule has 4 nitrogen and oxygen atoms in total. The highest BCUT2D eigenvalue weighted by Gasteiger charge is 2.19. The fraction of sp³-hybridized carbons (Fsp3) is 0.417. The number of aromatic amines is 1. The number of imidazole rings is 1. The number of aromatic nitrogens is 4. The van der Waals surface area contributed by atoms with Gasteiger partial charge in [-0.15, -0.1) is 0 Å². The molecule has 0 unspecified atom stereocenters. The molecule has 0 spiro atoms. The van der Waals surface area contributed by atoms with E-state index in [9.17, 15) is 0 Å². The van der Waals surface area contributed by atoms with E-state index >= 15 is 0 Å². The largest absolute Gasteiger partial charge is 0.337 e. The summed E-state index contributed by atoms with van der Waals surface area (Å²) in [4.78, 5) is 11.2. The molecule has 2 aromatic heterocycles. The SMILES string of the molecule is CC(C)(C)c1c[nH]c(=S)n1Cc1ccncn1. The van der Waals surface area contributed by atoms with Crippen LogP contribution in [0.4, 0.5) is 0 Å². The predicted molar refractivity (Wildman–Crippen MR) is 69.5 cm³/mol. The van der Waals surface area contributed by atoms with Crippen LogP contribution < -0.4 is 0 Å². The van der Waals surface area contributed by atoms with Gasteiger partial charge in [0.1, 0.15) is 6.33 Å². The Bertz CT molecular complexity index is 548. The van der Waals surface area contributed by atoms with Crippen molar-refractivity contribution in [1.29, 1.82) is 0 Å². The number of hydrogen-bond acceptors (Lipinski definition) is 3. The van der Waals surface area contributed by atoms with Crippen LogP contribution in [-0.2, 0) is 12.0 Å². The number of nitrogens with one attached hydrogen (secondary N) is 1. The van der Waals surface area contributed by atoms with E-state index < -0.39 is 0 Å². The third-order valence-electron chi connectivity index (χ3n) is 2.60. The molecule has 2 rings (SSSR count). The maximum Gasteiger partial charge on any atom is 0.177 e. The van der Waals surface area contributed by atoms with E-state index in [1.807, 2.05) is 12.3 Å². The van der Waals surface area contributed by atoms with Crippen LogP contribution in [0.25, 0.3) is 0 Å². The molecule has 0 amide bonds. The highest BCUT2D eigenvalue weighted by atomic mass is 32.1. The minimum Gasteiger partial charge on any atom is -0.337 e. The normalized spacial score (nSPS) is 11.7. The lowest BCUT2D eigenvalue weighted by molar-refractivity contribution is 0.527. The molecular formula is C12H16N4S. The highest BCUT2D eigenvalue weighted by molar-refractivity contribution is 7.71. The molecule has 17 heavy (non-hydrogen) atoms. The van der Waals surface area contributed by atoms with E-state index in [-0.39, 0.29) is 5.41 Å². The summed E-state index contributed by atoms with van der Waals surface area (Å²) in [5.41, 5.74) is 2.20. The van der Waals surface area contributed by atoms with Crippen LogP contribution in [0.5, 0.6) is 0 Å². The quantitative estimate of drug-likeness (QED) is 0.831. The zero-order valence-electron chi connectivity index (χ0n) is 10.3. The van der Waals surface area contributed by atoms with E-state index in [2.05, 4.69) is 40.3 Å². The van der Waals surface area contributed by atoms with Gasteiger partial charge in [-0.25, -0.2) is 9.97 Å². The second-order valence-electron chi connectivity index (χ2n) is 5.02. The lowest BCUT2D eigenvalue weighted by Gasteiger charge is -2.20. The van der Waals surface area contributed by atoms with Gasteiger partial charge in [0.25, 0.3) is 0 Å². The van der Waals surface area contributed by atoms with Crippen LogP contribution in [0.3, 0.4) is 0 Å². The Balaban J connectivity index is 2.40. The van der Waals surface area contributed by atoms with Crippen molar-refractivity contribution in [3.63, 3.8) is 0 Å². The fourth-order valence-electron chi connectivity index (χ4n) is 1.75. The van der Waals surface area contributed by atoms with Gasteiger partial charge < -0.3 is 9.55 Å². The second-order valence-corrected chi connectivity index (χ2v) is 5.40. The molecule has 0 aliphatic carbocycles. The standard InChI is InChI=1S/C12H16N4S/c1-12(2,3)10-6-14-11(17)16(10)7-9-4-5-13-8-15-9/h4-6,8H,7H2,1-3H3,(H,14,17). The van der Waals surface area contributed by atoms with Crippen LogP contribution in [-0.4, -0.2) is 19.5 Å². The zero-order chi connectivity index (χ0) is 12.5. The monoisotopic (exact) mass is 248 g/mol. The number of hydrogen-bond donors (Lipinski definition) is 1. The van der Waals surface area contributed by atoms with Gasteiger partial charge in [0.05, 0.1) is 12.2 Å². The van der Waals surface area contributed by atoms with Crippen LogP contribution in [0.15, 0.2) is 24.8 Å². The van der Waals surface area contributed by atoms with Crippen molar-refractivity contribution in [2.75, 3.05) is 0 Å². The molecule has 0 saturated carbocycles. The van der Waals surface area contributed by atoms with Crippen molar-refractivity contribution >= 4 is 12.2 Å². The maximum atomic E-state index is 5.30. The lowest BCUT2D eigenvalue weighted by atomic mass is 9.92. The van der Waals surface area contributed by atoms with Gasteiger partial charge in [0, 0.05) is 23.5 Å². The molecule has 1 N–H and O–H groups in total. The molecule has 0 saturated heterocycles. The van der Waals surface area contributed by atoms with Gasteiger partial charge in [-0.3, -0.25) is 0 Å². The summed E-state index contributed by atoms with van der Waals surface area (Å²) in [5, 5.41) is 0. The summed E-state index contributed by atoms with van der Waals surface area (Å²) in [6, 6.07) is 1.90. The average molecular weight is 248 g/mol. The van der Waals surface area contributed by atoms with Crippen molar-refractivity contribution in [1.82, 2.24) is 19.5 Å². The molecule has 0 radical (unpaired) electrons. The third-order valence-corrected chi connectivity index (χ3v) is 2.94. The Kier molecular flexibility index (Phi) is 3.11. The Labute approximate surface area is 106 Å². The zero-order valence-corrected chi connectivity index (χ0v) is 11.1. The molecule has 2 aromatic rings. The average Bonchev–Trinajstić information content (AvgIpc) is 2.62. The molecule has 0 aliphatic heterocycles. The highest BCUT2D eigenvalue weighted by Crippen LogP contribution is 2.22. The number of rotatable bonds is 2. The van der Waals surface area contributed by atoms with Crippen molar-refractivity contribution < 1.29 is 0 Å². The first-order valence-corrected chi connectivity index (χ1v) is 5.93. The fourth-order valence-corrected chi connectivity index (χ4v) is 1.97. The van der Waals surface area contributed by atoms with E-state index in [0.29, 0.717) is 6.54 Å². The van der Waals surface area contributed by atoms with Crippen molar-refractivity contribution in [3.05, 3.63) is 40.9 Å². The topological polar surface area (TPSA) is 46.5 Å². The van der Waals surface area contributed by atoms with Crippen molar-refractivity contribution in [2.24, 2.45) is 0 Å². The maximum absolute atomic E-state index is 5.30. The minimum absolute atomic E-state index is 0.0561. The molecule has 5 heteroatoms. The number of H-pyrrole nitrogens is 1. The Hall–Kier alpha value is -1.49. The summed E-state index contributed by atoms with van der Waals surface area (Å²) in [7, 11) is 0. The molecule has 0 fully saturated rings. The van der Waals surface area contributed by atoms with Gasteiger partial charge in [-0.1, -0.05) is 20.8 Å². The second kappa shape index (κ2) is 4.41. The van der Waals surface area contributed by atoms with E-state index in [1.54, 1.807) is 12.5 Å². The first-order valence-electron chi connectivity index (χ1n) is 5.52. The summed E-state index contributed by atoms with van der Waals surface area (Å²) < 4.78 is 2.81. The molecule has 0 aliphatic rings. The molecule has 2 heterocycles. The van der Waals surface area contributed by atoms with Gasteiger partial charge in [-0.05, 0) is 18.3 Å². The van der Waals surface area contributed by atoms with Crippen molar-refractivity contribution in [3.8, 4) is 0 Å². The first-order chi connectivity index (χ1) is 7.98. The summed E-state index contributed by atoms with van der Waals surface area (Å²) in [6.07, 6.45) is 5.28.